The second-order valence-electron chi connectivity index (χ2n) is 6.61. The molecule has 0 amide bonds. The molecule has 2 atom stereocenters. The van der Waals surface area contributed by atoms with Crippen molar-refractivity contribution in [1.29, 1.82) is 0 Å². The van der Waals surface area contributed by atoms with E-state index >= 15 is 0 Å². The second-order valence-corrected chi connectivity index (χ2v) is 11.5. The molecule has 1 aromatic rings. The van der Waals surface area contributed by atoms with Gasteiger partial charge < -0.3 is 9.16 Å². The molecule has 0 N–H and O–H groups in total. The quantitative estimate of drug-likeness (QED) is 0.587. The molecule has 2 rings (SSSR count). The average molecular weight is 339 g/mol. The van der Waals surface area contributed by atoms with Crippen LogP contribution < -0.4 is 0 Å². The Bertz CT molecular complexity index is 560. The number of methoxy groups -OCH3 is 1. The first-order valence-electron chi connectivity index (χ1n) is 7.51. The van der Waals surface area contributed by atoms with E-state index in [4.69, 9.17) is 20.8 Å². The van der Waals surface area contributed by atoms with E-state index < -0.39 is 8.32 Å². The van der Waals surface area contributed by atoms with Crippen molar-refractivity contribution in [2.45, 2.75) is 38.4 Å². The molecule has 5 heteroatoms. The summed E-state index contributed by atoms with van der Waals surface area (Å²) in [5.74, 6) is 0.658. The van der Waals surface area contributed by atoms with Crippen LogP contribution in [0.25, 0.3) is 0 Å². The maximum Gasteiger partial charge on any atom is 0.309 e. The van der Waals surface area contributed by atoms with Gasteiger partial charge in [0.05, 0.1) is 18.8 Å². The molecule has 0 aromatic heterocycles. The van der Waals surface area contributed by atoms with E-state index in [1.807, 2.05) is 24.3 Å². The molecule has 0 unspecified atom stereocenters. The highest BCUT2D eigenvalue weighted by Gasteiger charge is 2.35. The van der Waals surface area contributed by atoms with Crippen LogP contribution in [0.5, 0.6) is 0 Å². The first-order chi connectivity index (χ1) is 10.3. The van der Waals surface area contributed by atoms with Gasteiger partial charge in [-0.15, -0.1) is 0 Å². The van der Waals surface area contributed by atoms with E-state index in [1.54, 1.807) is 0 Å². The summed E-state index contributed by atoms with van der Waals surface area (Å²) in [7, 11) is -0.223. The number of benzene rings is 1. The number of allylic oxidation sites excluding steroid dienone is 2. The number of rotatable bonds is 4. The van der Waals surface area contributed by atoms with Gasteiger partial charge in [-0.2, -0.15) is 0 Å². The van der Waals surface area contributed by atoms with Crippen molar-refractivity contribution >= 4 is 25.9 Å². The van der Waals surface area contributed by atoms with Crippen LogP contribution >= 0.6 is 11.6 Å². The van der Waals surface area contributed by atoms with Gasteiger partial charge in [0, 0.05) is 17.4 Å². The molecule has 0 heterocycles. The van der Waals surface area contributed by atoms with E-state index in [0.717, 1.165) is 17.7 Å². The molecular formula is C17H23ClO3Si. The SMILES string of the molecule is COC(=O)[C@H]1CC(O[Si](C)(C)C)=CC[C@@H]1c1ccc(Cl)cc1. The molecule has 120 valence electrons. The molecule has 1 aliphatic carbocycles. The first-order valence-corrected chi connectivity index (χ1v) is 11.3. The standard InChI is InChI=1S/C17H23ClO3Si/c1-20-17(19)16-11-14(21-22(2,3)4)9-10-15(16)12-5-7-13(18)8-6-12/h5-9,15-16H,10-11H2,1-4H3/t15-,16+/m1/s1. The van der Waals surface area contributed by atoms with Crippen molar-refractivity contribution in [2.75, 3.05) is 7.11 Å². The Morgan fingerprint density at radius 1 is 1.23 bits per heavy atom. The lowest BCUT2D eigenvalue weighted by Crippen LogP contribution is -2.31. The minimum atomic E-state index is -1.67. The average Bonchev–Trinajstić information content (AvgIpc) is 2.46. The Hall–Kier alpha value is -1.26. The Morgan fingerprint density at radius 2 is 1.86 bits per heavy atom. The topological polar surface area (TPSA) is 35.5 Å². The second kappa shape index (κ2) is 6.88. The zero-order valence-corrected chi connectivity index (χ0v) is 15.3. The lowest BCUT2D eigenvalue weighted by atomic mass is 9.78. The Balaban J connectivity index is 2.25. The molecule has 0 fully saturated rings. The summed E-state index contributed by atoms with van der Waals surface area (Å²) < 4.78 is 11.1. The maximum atomic E-state index is 12.2. The summed E-state index contributed by atoms with van der Waals surface area (Å²) in [5.41, 5.74) is 1.11. The van der Waals surface area contributed by atoms with Gasteiger partial charge in [0.15, 0.2) is 0 Å². The predicted molar refractivity (Wildman–Crippen MR) is 91.4 cm³/mol. The molecular weight excluding hydrogens is 316 g/mol. The minimum absolute atomic E-state index is 0.110. The summed E-state index contributed by atoms with van der Waals surface area (Å²) in [6.45, 7) is 6.44. The highest BCUT2D eigenvalue weighted by molar-refractivity contribution is 6.70. The van der Waals surface area contributed by atoms with Gasteiger partial charge in [-0.25, -0.2) is 0 Å². The van der Waals surface area contributed by atoms with Crippen molar-refractivity contribution in [2.24, 2.45) is 5.92 Å². The van der Waals surface area contributed by atoms with E-state index in [0.29, 0.717) is 11.4 Å². The Labute approximate surface area is 138 Å². The van der Waals surface area contributed by atoms with Crippen LogP contribution in [0.2, 0.25) is 24.7 Å². The van der Waals surface area contributed by atoms with E-state index in [1.165, 1.54) is 7.11 Å². The molecule has 0 saturated heterocycles. The molecule has 22 heavy (non-hydrogen) atoms. The summed E-state index contributed by atoms with van der Waals surface area (Å²) in [5, 5.41) is 0.701. The molecule has 1 aliphatic rings. The third kappa shape index (κ3) is 4.37. The number of hydrogen-bond acceptors (Lipinski definition) is 3. The smallest absolute Gasteiger partial charge is 0.309 e. The number of ether oxygens (including phenoxy) is 1. The number of esters is 1. The first kappa shape index (κ1) is 17.1. The lowest BCUT2D eigenvalue weighted by molar-refractivity contribution is -0.146. The Kier molecular flexibility index (Phi) is 5.35. The molecule has 1 aromatic carbocycles. The van der Waals surface area contributed by atoms with Gasteiger partial charge in [0.2, 0.25) is 8.32 Å². The summed E-state index contributed by atoms with van der Waals surface area (Å²) in [6.07, 6.45) is 3.50. The van der Waals surface area contributed by atoms with Crippen LogP contribution in [-0.4, -0.2) is 21.4 Å². The van der Waals surface area contributed by atoms with Gasteiger partial charge in [0.1, 0.15) is 0 Å². The highest BCUT2D eigenvalue weighted by atomic mass is 35.5. The van der Waals surface area contributed by atoms with Crippen LogP contribution in [0.3, 0.4) is 0 Å². The van der Waals surface area contributed by atoms with Crippen molar-refractivity contribution in [3.05, 3.63) is 46.7 Å². The van der Waals surface area contributed by atoms with E-state index in [9.17, 15) is 4.79 Å². The molecule has 0 radical (unpaired) electrons. The fraction of sp³-hybridized carbons (Fsp3) is 0.471. The molecule has 0 bridgehead atoms. The van der Waals surface area contributed by atoms with Gasteiger partial charge in [0.25, 0.3) is 0 Å². The monoisotopic (exact) mass is 338 g/mol. The molecule has 0 saturated carbocycles. The summed E-state index contributed by atoms with van der Waals surface area (Å²) in [4.78, 5) is 12.2. The summed E-state index contributed by atoms with van der Waals surface area (Å²) >= 11 is 5.95. The van der Waals surface area contributed by atoms with Crippen LogP contribution in [0, 0.1) is 5.92 Å². The van der Waals surface area contributed by atoms with Crippen molar-refractivity contribution in [1.82, 2.24) is 0 Å². The zero-order valence-electron chi connectivity index (χ0n) is 13.6. The normalized spacial score (nSPS) is 22.0. The maximum absolute atomic E-state index is 12.2. The fourth-order valence-electron chi connectivity index (χ4n) is 2.82. The summed E-state index contributed by atoms with van der Waals surface area (Å²) in [6, 6.07) is 7.70. The molecule has 0 spiro atoms. The minimum Gasteiger partial charge on any atom is -0.548 e. The van der Waals surface area contributed by atoms with Gasteiger partial charge in [-0.05, 0) is 49.8 Å². The highest BCUT2D eigenvalue weighted by Crippen LogP contribution is 2.39. The number of carbonyl (C=O) groups excluding carboxylic acids is 1. The van der Waals surface area contributed by atoms with Crippen LogP contribution in [0.4, 0.5) is 0 Å². The Morgan fingerprint density at radius 3 is 2.41 bits per heavy atom. The fourth-order valence-corrected chi connectivity index (χ4v) is 3.90. The van der Waals surface area contributed by atoms with Gasteiger partial charge in [-0.3, -0.25) is 4.79 Å². The van der Waals surface area contributed by atoms with Gasteiger partial charge >= 0.3 is 5.97 Å². The third-order valence-electron chi connectivity index (χ3n) is 3.75. The number of hydrogen-bond donors (Lipinski definition) is 0. The van der Waals surface area contributed by atoms with E-state index in [2.05, 4.69) is 25.7 Å². The zero-order chi connectivity index (χ0) is 16.3. The van der Waals surface area contributed by atoms with Crippen molar-refractivity contribution < 1.29 is 14.0 Å². The number of halogens is 1. The number of carbonyl (C=O) groups is 1. The van der Waals surface area contributed by atoms with Crippen LogP contribution in [0.1, 0.15) is 24.3 Å². The largest absolute Gasteiger partial charge is 0.548 e. The van der Waals surface area contributed by atoms with Crippen molar-refractivity contribution in [3.63, 3.8) is 0 Å². The lowest BCUT2D eigenvalue weighted by Gasteiger charge is -2.32. The van der Waals surface area contributed by atoms with Crippen LogP contribution in [-0.2, 0) is 14.0 Å². The van der Waals surface area contributed by atoms with Crippen molar-refractivity contribution in [3.8, 4) is 0 Å². The predicted octanol–water partition coefficient (Wildman–Crippen LogP) is 4.74. The van der Waals surface area contributed by atoms with Gasteiger partial charge in [-0.1, -0.05) is 23.7 Å². The van der Waals surface area contributed by atoms with E-state index in [-0.39, 0.29) is 17.8 Å². The molecule has 0 aliphatic heterocycles. The third-order valence-corrected chi connectivity index (χ3v) is 4.87. The molecule has 3 nitrogen and oxygen atoms in total. The van der Waals surface area contributed by atoms with Crippen LogP contribution in [0.15, 0.2) is 36.1 Å².